The number of benzene rings is 4. The van der Waals surface area contributed by atoms with Gasteiger partial charge in [0.15, 0.2) is 0 Å². The minimum atomic E-state index is 0.761. The molecule has 0 aliphatic carbocycles. The van der Waals surface area contributed by atoms with Gasteiger partial charge in [-0.1, -0.05) is 49.4 Å². The van der Waals surface area contributed by atoms with E-state index in [1.165, 1.54) is 44.3 Å². The molecule has 212 valence electrons. The van der Waals surface area contributed by atoms with Crippen molar-refractivity contribution in [2.45, 2.75) is 41.0 Å². The van der Waals surface area contributed by atoms with Gasteiger partial charge in [-0.15, -0.1) is 0 Å². The summed E-state index contributed by atoms with van der Waals surface area (Å²) in [5.74, 6) is 2.42. The summed E-state index contributed by atoms with van der Waals surface area (Å²) in [5.41, 5.74) is 11.6. The summed E-state index contributed by atoms with van der Waals surface area (Å²) in [6.45, 7) is 10.8. The molecule has 4 aromatic carbocycles. The Morgan fingerprint density at radius 2 is 1.42 bits per heavy atom. The average molecular weight is 563 g/mol. The Bertz CT molecular complexity index is 2130. The minimum Gasteiger partial charge on any atom is -0.457 e. The van der Waals surface area contributed by atoms with Crippen molar-refractivity contribution in [3.05, 3.63) is 131 Å². The molecule has 0 saturated carbocycles. The molecule has 0 amide bonds. The van der Waals surface area contributed by atoms with Crippen molar-refractivity contribution in [3.63, 3.8) is 0 Å². The Balaban J connectivity index is 1.30. The quantitative estimate of drug-likeness (QED) is 0.203. The van der Waals surface area contributed by atoms with E-state index in [2.05, 4.69) is 117 Å². The molecule has 0 aliphatic rings. The van der Waals surface area contributed by atoms with Crippen LogP contribution in [0.2, 0.25) is 0 Å². The maximum Gasteiger partial charge on any atom is 0.137 e. The summed E-state index contributed by atoms with van der Waals surface area (Å²) in [6, 6.07) is 33.6. The van der Waals surface area contributed by atoms with Crippen LogP contribution in [-0.2, 0) is 6.42 Å². The van der Waals surface area contributed by atoms with Crippen LogP contribution in [0, 0.1) is 27.7 Å². The Morgan fingerprint density at radius 3 is 2.21 bits per heavy atom. The van der Waals surface area contributed by atoms with Gasteiger partial charge in [0.1, 0.15) is 17.3 Å². The van der Waals surface area contributed by atoms with E-state index in [0.29, 0.717) is 0 Å². The molecule has 0 fully saturated rings. The summed E-state index contributed by atoms with van der Waals surface area (Å²) in [4.78, 5) is 4.71. The lowest BCUT2D eigenvalue weighted by Gasteiger charge is -2.13. The molecule has 7 aromatic rings. The third kappa shape index (κ3) is 4.58. The summed E-state index contributed by atoms with van der Waals surface area (Å²) < 4.78 is 10.8. The molecule has 43 heavy (non-hydrogen) atoms. The van der Waals surface area contributed by atoms with Crippen molar-refractivity contribution in [1.82, 2.24) is 19.3 Å². The number of aromatic nitrogens is 4. The lowest BCUT2D eigenvalue weighted by atomic mass is 9.93. The molecule has 7 rings (SSSR count). The third-order valence-electron chi connectivity index (χ3n) is 8.30. The predicted molar refractivity (Wildman–Crippen MR) is 176 cm³/mol. The number of aryl methyl sites for hydroxylation is 4. The van der Waals surface area contributed by atoms with Gasteiger partial charge in [0.05, 0.1) is 28.1 Å². The lowest BCUT2D eigenvalue weighted by Crippen LogP contribution is -2.02. The van der Waals surface area contributed by atoms with Crippen molar-refractivity contribution in [1.29, 1.82) is 0 Å². The Kier molecular flexibility index (Phi) is 6.58. The molecule has 0 bridgehead atoms. The summed E-state index contributed by atoms with van der Waals surface area (Å²) >= 11 is 0. The summed E-state index contributed by atoms with van der Waals surface area (Å²) in [5, 5.41) is 7.38. The Morgan fingerprint density at radius 1 is 0.674 bits per heavy atom. The third-order valence-corrected chi connectivity index (χ3v) is 8.30. The first-order chi connectivity index (χ1) is 20.9. The average Bonchev–Trinajstić information content (AvgIpc) is 3.51. The number of hydrogen-bond acceptors (Lipinski definition) is 3. The first kappa shape index (κ1) is 26.7. The smallest absolute Gasteiger partial charge is 0.137 e. The highest BCUT2D eigenvalue weighted by Crippen LogP contribution is 2.37. The number of nitrogens with zero attached hydrogens (tertiary/aromatic N) is 4. The molecule has 0 atom stereocenters. The normalized spacial score (nSPS) is 11.5. The van der Waals surface area contributed by atoms with Gasteiger partial charge in [-0.25, -0.2) is 9.67 Å². The predicted octanol–water partition coefficient (Wildman–Crippen LogP) is 9.62. The first-order valence-corrected chi connectivity index (χ1v) is 14.8. The topological polar surface area (TPSA) is 44.9 Å². The van der Waals surface area contributed by atoms with Crippen LogP contribution in [0.25, 0.3) is 44.4 Å². The second-order valence-electron chi connectivity index (χ2n) is 11.3. The fraction of sp³-hybridized carbons (Fsp3) is 0.158. The van der Waals surface area contributed by atoms with Gasteiger partial charge in [0.25, 0.3) is 0 Å². The van der Waals surface area contributed by atoms with E-state index in [1.54, 1.807) is 0 Å². The van der Waals surface area contributed by atoms with E-state index in [1.807, 2.05) is 30.5 Å². The van der Waals surface area contributed by atoms with Crippen molar-refractivity contribution < 1.29 is 4.74 Å². The zero-order valence-corrected chi connectivity index (χ0v) is 25.2. The number of ether oxygens (including phenoxy) is 1. The molecule has 0 N–H and O–H groups in total. The molecule has 3 aromatic heterocycles. The molecule has 0 spiro atoms. The SMILES string of the molecule is CCc1c(-c2c(C)cccc2C)c(C)nn1-c1cccc(Oc2ccc3c4ccccc4n(-c4cc(C)ccn4)c3c2)c1. The van der Waals surface area contributed by atoms with Crippen LogP contribution >= 0.6 is 0 Å². The van der Waals surface area contributed by atoms with E-state index in [9.17, 15) is 0 Å². The van der Waals surface area contributed by atoms with Crippen LogP contribution in [0.4, 0.5) is 0 Å². The first-order valence-electron chi connectivity index (χ1n) is 14.8. The van der Waals surface area contributed by atoms with Gasteiger partial charge >= 0.3 is 0 Å². The highest BCUT2D eigenvalue weighted by Gasteiger charge is 2.20. The van der Waals surface area contributed by atoms with E-state index in [-0.39, 0.29) is 0 Å². The maximum absolute atomic E-state index is 6.52. The van der Waals surface area contributed by atoms with E-state index in [0.717, 1.165) is 46.2 Å². The highest BCUT2D eigenvalue weighted by molar-refractivity contribution is 6.09. The molecular weight excluding hydrogens is 528 g/mol. The molecular formula is C38H34N4O. The summed E-state index contributed by atoms with van der Waals surface area (Å²) in [6.07, 6.45) is 2.73. The molecule has 5 nitrogen and oxygen atoms in total. The molecule has 0 radical (unpaired) electrons. The largest absolute Gasteiger partial charge is 0.457 e. The zero-order chi connectivity index (χ0) is 29.7. The van der Waals surface area contributed by atoms with Crippen molar-refractivity contribution in [2.75, 3.05) is 0 Å². The number of para-hydroxylation sites is 1. The van der Waals surface area contributed by atoms with Crippen LogP contribution in [0.3, 0.4) is 0 Å². The van der Waals surface area contributed by atoms with Gasteiger partial charge in [0.2, 0.25) is 0 Å². The number of hydrogen-bond donors (Lipinski definition) is 0. The molecule has 0 aliphatic heterocycles. The lowest BCUT2D eigenvalue weighted by molar-refractivity contribution is 0.482. The Labute approximate surface area is 252 Å². The summed E-state index contributed by atoms with van der Waals surface area (Å²) in [7, 11) is 0. The molecule has 0 saturated heterocycles. The van der Waals surface area contributed by atoms with Crippen molar-refractivity contribution >= 4 is 21.8 Å². The van der Waals surface area contributed by atoms with Crippen LogP contribution < -0.4 is 4.74 Å². The van der Waals surface area contributed by atoms with Crippen LogP contribution in [0.5, 0.6) is 11.5 Å². The Hall–Kier alpha value is -5.16. The standard InChI is InChI=1S/C38H34N4O/c1-6-33-38(37-25(3)11-9-12-26(37)4)27(5)40-42(33)28-13-10-14-29(22-28)43-30-17-18-32-31-15-7-8-16-34(31)41(35(32)23-30)36-21-24(2)19-20-39-36/h7-23H,6H2,1-5H3. The van der Waals surface area contributed by atoms with E-state index >= 15 is 0 Å². The van der Waals surface area contributed by atoms with Crippen LogP contribution in [-0.4, -0.2) is 19.3 Å². The molecule has 0 unspecified atom stereocenters. The number of fused-ring (bicyclic) bond motifs is 3. The fourth-order valence-electron chi connectivity index (χ4n) is 6.37. The van der Waals surface area contributed by atoms with Gasteiger partial charge < -0.3 is 4.74 Å². The number of rotatable bonds is 6. The number of pyridine rings is 1. The monoisotopic (exact) mass is 562 g/mol. The van der Waals surface area contributed by atoms with Gasteiger partial charge in [-0.2, -0.15) is 5.10 Å². The van der Waals surface area contributed by atoms with Gasteiger partial charge in [0, 0.05) is 34.7 Å². The fourth-order valence-corrected chi connectivity index (χ4v) is 6.37. The molecule has 5 heteroatoms. The maximum atomic E-state index is 6.52. The van der Waals surface area contributed by atoms with E-state index < -0.39 is 0 Å². The van der Waals surface area contributed by atoms with Crippen molar-refractivity contribution in [3.8, 4) is 34.1 Å². The second kappa shape index (κ2) is 10.6. The zero-order valence-electron chi connectivity index (χ0n) is 25.2. The van der Waals surface area contributed by atoms with Crippen LogP contribution in [0.15, 0.2) is 103 Å². The van der Waals surface area contributed by atoms with Crippen molar-refractivity contribution in [2.24, 2.45) is 0 Å². The van der Waals surface area contributed by atoms with E-state index in [4.69, 9.17) is 14.8 Å². The second-order valence-corrected chi connectivity index (χ2v) is 11.3. The van der Waals surface area contributed by atoms with Gasteiger partial charge in [-0.3, -0.25) is 4.57 Å². The highest BCUT2D eigenvalue weighted by atomic mass is 16.5. The molecule has 3 heterocycles. The minimum absolute atomic E-state index is 0.761. The van der Waals surface area contributed by atoms with Gasteiger partial charge in [-0.05, 0) is 98.8 Å². The van der Waals surface area contributed by atoms with Crippen LogP contribution in [0.1, 0.15) is 35.0 Å².